The van der Waals surface area contributed by atoms with Gasteiger partial charge in [-0.3, -0.25) is 9.59 Å². The second-order valence-electron chi connectivity index (χ2n) is 4.65. The highest BCUT2D eigenvalue weighted by Crippen LogP contribution is 2.15. The van der Waals surface area contributed by atoms with E-state index in [4.69, 9.17) is 5.73 Å². The molecule has 0 spiro atoms. The fourth-order valence-electron chi connectivity index (χ4n) is 1.79. The van der Waals surface area contributed by atoms with E-state index in [1.165, 1.54) is 0 Å². The highest BCUT2D eigenvalue weighted by atomic mass is 32.1. The van der Waals surface area contributed by atoms with Gasteiger partial charge in [-0.15, -0.1) is 0 Å². The van der Waals surface area contributed by atoms with E-state index in [2.05, 4.69) is 10.6 Å². The first kappa shape index (κ1) is 15.1. The van der Waals surface area contributed by atoms with Crippen molar-refractivity contribution in [1.29, 1.82) is 0 Å². The van der Waals surface area contributed by atoms with Gasteiger partial charge in [-0.05, 0) is 53.6 Å². The van der Waals surface area contributed by atoms with Gasteiger partial charge in [0.25, 0.3) is 5.91 Å². The first-order valence-electron chi connectivity index (χ1n) is 6.51. The maximum absolute atomic E-state index is 11.8. The molecule has 4 N–H and O–H groups in total. The number of thiophene rings is 1. The van der Waals surface area contributed by atoms with Crippen LogP contribution in [0.25, 0.3) is 0 Å². The Morgan fingerprint density at radius 1 is 1.24 bits per heavy atom. The average Bonchev–Trinajstić information content (AvgIpc) is 3.00. The Labute approximate surface area is 127 Å². The Hall–Kier alpha value is -2.34. The quantitative estimate of drug-likeness (QED) is 0.738. The van der Waals surface area contributed by atoms with Crippen molar-refractivity contribution in [3.05, 3.63) is 52.2 Å². The Balaban J connectivity index is 1.81. The minimum atomic E-state index is -0.298. The van der Waals surface area contributed by atoms with Gasteiger partial charge in [0, 0.05) is 11.3 Å². The first-order chi connectivity index (χ1) is 10.1. The van der Waals surface area contributed by atoms with E-state index in [0.29, 0.717) is 11.3 Å². The normalized spacial score (nSPS) is 11.7. The topological polar surface area (TPSA) is 84.2 Å². The fraction of sp³-hybridized carbons (Fsp3) is 0.200. The van der Waals surface area contributed by atoms with Crippen LogP contribution in [0, 0.1) is 0 Å². The number of amides is 2. The van der Waals surface area contributed by atoms with Crippen molar-refractivity contribution in [3.8, 4) is 0 Å². The molecule has 0 saturated carbocycles. The molecule has 2 rings (SSSR count). The van der Waals surface area contributed by atoms with E-state index in [9.17, 15) is 9.59 Å². The van der Waals surface area contributed by atoms with E-state index in [1.807, 2.05) is 23.8 Å². The molecule has 1 atom stereocenters. The lowest BCUT2D eigenvalue weighted by molar-refractivity contribution is -0.120. The predicted octanol–water partition coefficient (Wildman–Crippen LogP) is 1.94. The van der Waals surface area contributed by atoms with Crippen LogP contribution in [0.2, 0.25) is 0 Å². The fourth-order valence-corrected chi connectivity index (χ4v) is 2.55. The Morgan fingerprint density at radius 2 is 1.95 bits per heavy atom. The Morgan fingerprint density at radius 3 is 2.57 bits per heavy atom. The summed E-state index contributed by atoms with van der Waals surface area (Å²) in [5, 5.41) is 9.35. The molecule has 0 radical (unpaired) electrons. The molecule has 0 saturated heterocycles. The summed E-state index contributed by atoms with van der Waals surface area (Å²) in [5.41, 5.74) is 7.68. The first-order valence-corrected chi connectivity index (χ1v) is 7.45. The number of benzene rings is 1. The van der Waals surface area contributed by atoms with Gasteiger partial charge in [-0.2, -0.15) is 11.3 Å². The zero-order valence-electron chi connectivity index (χ0n) is 11.6. The minimum Gasteiger partial charge on any atom is -0.399 e. The Bertz CT molecular complexity index is 608. The molecule has 0 fully saturated rings. The van der Waals surface area contributed by atoms with Crippen molar-refractivity contribution in [2.75, 3.05) is 12.3 Å². The summed E-state index contributed by atoms with van der Waals surface area (Å²) in [6, 6.07) is 8.42. The van der Waals surface area contributed by atoms with Gasteiger partial charge in [0.2, 0.25) is 5.91 Å². The molecule has 1 heterocycles. The van der Waals surface area contributed by atoms with Crippen LogP contribution >= 0.6 is 11.3 Å². The average molecular weight is 303 g/mol. The van der Waals surface area contributed by atoms with Crippen LogP contribution in [0.4, 0.5) is 5.69 Å². The number of nitrogens with two attached hydrogens (primary N) is 1. The maximum atomic E-state index is 11.8. The lowest BCUT2D eigenvalue weighted by Gasteiger charge is -2.13. The van der Waals surface area contributed by atoms with Crippen molar-refractivity contribution in [2.24, 2.45) is 0 Å². The summed E-state index contributed by atoms with van der Waals surface area (Å²) >= 11 is 1.58. The van der Waals surface area contributed by atoms with E-state index < -0.39 is 0 Å². The molecule has 1 unspecified atom stereocenters. The highest BCUT2D eigenvalue weighted by molar-refractivity contribution is 7.07. The van der Waals surface area contributed by atoms with Crippen LogP contribution in [-0.4, -0.2) is 18.4 Å². The number of hydrogen-bond acceptors (Lipinski definition) is 4. The van der Waals surface area contributed by atoms with E-state index in [1.54, 1.807) is 35.6 Å². The molecule has 1 aromatic carbocycles. The minimum absolute atomic E-state index is 0.0579. The number of anilines is 1. The van der Waals surface area contributed by atoms with Crippen LogP contribution < -0.4 is 16.4 Å². The molecule has 2 amide bonds. The van der Waals surface area contributed by atoms with Crippen LogP contribution in [-0.2, 0) is 4.79 Å². The lowest BCUT2D eigenvalue weighted by Crippen LogP contribution is -2.37. The maximum Gasteiger partial charge on any atom is 0.251 e. The standard InChI is InChI=1S/C15H17N3O2S/c1-10(12-6-7-21-9-12)18-14(19)8-17-15(20)11-2-4-13(16)5-3-11/h2-7,9-10H,8,16H2,1H3,(H,17,20)(H,18,19). The molecule has 2 aromatic rings. The third-order valence-electron chi connectivity index (χ3n) is 3.00. The van der Waals surface area contributed by atoms with Crippen molar-refractivity contribution < 1.29 is 9.59 Å². The third kappa shape index (κ3) is 4.32. The van der Waals surface area contributed by atoms with Gasteiger partial charge in [0.15, 0.2) is 0 Å². The molecule has 110 valence electrons. The van der Waals surface area contributed by atoms with E-state index in [-0.39, 0.29) is 24.4 Å². The predicted molar refractivity (Wildman–Crippen MR) is 84.1 cm³/mol. The SMILES string of the molecule is CC(NC(=O)CNC(=O)c1ccc(N)cc1)c1ccsc1. The van der Waals surface area contributed by atoms with Crippen molar-refractivity contribution in [2.45, 2.75) is 13.0 Å². The smallest absolute Gasteiger partial charge is 0.251 e. The second-order valence-corrected chi connectivity index (χ2v) is 5.43. The molecule has 0 aliphatic carbocycles. The summed E-state index contributed by atoms with van der Waals surface area (Å²) in [6.07, 6.45) is 0. The summed E-state index contributed by atoms with van der Waals surface area (Å²) in [4.78, 5) is 23.6. The van der Waals surface area contributed by atoms with Gasteiger partial charge in [0.1, 0.15) is 0 Å². The molecule has 6 heteroatoms. The van der Waals surface area contributed by atoms with Gasteiger partial charge >= 0.3 is 0 Å². The number of hydrogen-bond donors (Lipinski definition) is 3. The van der Waals surface area contributed by atoms with Gasteiger partial charge < -0.3 is 16.4 Å². The van der Waals surface area contributed by atoms with Crippen LogP contribution in [0.15, 0.2) is 41.1 Å². The summed E-state index contributed by atoms with van der Waals surface area (Å²) < 4.78 is 0. The molecule has 1 aromatic heterocycles. The molecule has 5 nitrogen and oxygen atoms in total. The zero-order valence-corrected chi connectivity index (χ0v) is 12.4. The van der Waals surface area contributed by atoms with Crippen LogP contribution in [0.1, 0.15) is 28.9 Å². The molecular weight excluding hydrogens is 286 g/mol. The number of rotatable bonds is 5. The molecule has 21 heavy (non-hydrogen) atoms. The number of nitrogens with one attached hydrogen (secondary N) is 2. The molecule has 0 bridgehead atoms. The van der Waals surface area contributed by atoms with E-state index in [0.717, 1.165) is 5.56 Å². The third-order valence-corrected chi connectivity index (χ3v) is 3.70. The van der Waals surface area contributed by atoms with Gasteiger partial charge in [-0.25, -0.2) is 0 Å². The van der Waals surface area contributed by atoms with Gasteiger partial charge in [-0.1, -0.05) is 0 Å². The highest BCUT2D eigenvalue weighted by Gasteiger charge is 2.11. The number of nitrogen functional groups attached to an aromatic ring is 1. The monoisotopic (exact) mass is 303 g/mol. The summed E-state index contributed by atoms with van der Waals surface area (Å²) in [5.74, 6) is -0.522. The van der Waals surface area contributed by atoms with Gasteiger partial charge in [0.05, 0.1) is 12.6 Å². The molecule has 0 aliphatic heterocycles. The van der Waals surface area contributed by atoms with E-state index >= 15 is 0 Å². The van der Waals surface area contributed by atoms with Crippen molar-refractivity contribution in [3.63, 3.8) is 0 Å². The zero-order chi connectivity index (χ0) is 15.2. The molecule has 0 aliphatic rings. The van der Waals surface area contributed by atoms with Crippen LogP contribution in [0.3, 0.4) is 0 Å². The number of carbonyl (C=O) groups excluding carboxylic acids is 2. The Kier molecular flexibility index (Phi) is 4.94. The van der Waals surface area contributed by atoms with Crippen molar-refractivity contribution >= 4 is 28.8 Å². The summed E-state index contributed by atoms with van der Waals surface area (Å²) in [6.45, 7) is 1.85. The van der Waals surface area contributed by atoms with Crippen molar-refractivity contribution in [1.82, 2.24) is 10.6 Å². The number of carbonyl (C=O) groups is 2. The lowest BCUT2D eigenvalue weighted by atomic mass is 10.2. The molecular formula is C15H17N3O2S. The second kappa shape index (κ2) is 6.90. The van der Waals surface area contributed by atoms with Crippen LogP contribution in [0.5, 0.6) is 0 Å². The largest absolute Gasteiger partial charge is 0.399 e. The summed E-state index contributed by atoms with van der Waals surface area (Å²) in [7, 11) is 0.